The monoisotopic (exact) mass is 245 g/mol. The van der Waals surface area contributed by atoms with Crippen molar-refractivity contribution in [3.63, 3.8) is 0 Å². The van der Waals surface area contributed by atoms with E-state index in [9.17, 15) is 0 Å². The average molecular weight is 245 g/mol. The predicted molar refractivity (Wildman–Crippen MR) is 71.9 cm³/mol. The molecule has 0 bridgehead atoms. The number of benzene rings is 1. The van der Waals surface area contributed by atoms with Gasteiger partial charge in [-0.15, -0.1) is 0 Å². The highest BCUT2D eigenvalue weighted by molar-refractivity contribution is 5.44. The second kappa shape index (κ2) is 5.27. The van der Waals surface area contributed by atoms with Gasteiger partial charge in [0, 0.05) is 6.42 Å². The van der Waals surface area contributed by atoms with E-state index < -0.39 is 0 Å². The molecule has 2 aromatic rings. The van der Waals surface area contributed by atoms with Crippen molar-refractivity contribution in [2.75, 3.05) is 7.11 Å². The lowest BCUT2D eigenvalue weighted by Crippen LogP contribution is -1.97. The van der Waals surface area contributed by atoms with Gasteiger partial charge < -0.3 is 14.9 Å². The number of furan rings is 1. The van der Waals surface area contributed by atoms with Crippen molar-refractivity contribution < 1.29 is 9.15 Å². The molecule has 0 aliphatic carbocycles. The minimum Gasteiger partial charge on any atom is -0.496 e. The van der Waals surface area contributed by atoms with Crippen LogP contribution in [0.1, 0.15) is 28.2 Å². The lowest BCUT2D eigenvalue weighted by atomic mass is 9.99. The SMILES string of the molecule is COc1ccc(Cc2ccc(CN)o2)c(C)c1C. The first kappa shape index (κ1) is 12.7. The standard InChI is InChI=1S/C15H19NO2/c1-10-11(2)15(17-3)7-4-12(10)8-13-5-6-14(9-16)18-13/h4-7H,8-9,16H2,1-3H3. The van der Waals surface area contributed by atoms with Crippen molar-refractivity contribution in [3.8, 4) is 5.75 Å². The molecular formula is C15H19NO2. The Morgan fingerprint density at radius 2 is 1.78 bits per heavy atom. The molecule has 0 aliphatic rings. The fraction of sp³-hybridized carbons (Fsp3) is 0.333. The third kappa shape index (κ3) is 2.41. The van der Waals surface area contributed by atoms with Crippen LogP contribution in [0.3, 0.4) is 0 Å². The molecule has 0 atom stereocenters. The summed E-state index contributed by atoms with van der Waals surface area (Å²) >= 11 is 0. The highest BCUT2D eigenvalue weighted by atomic mass is 16.5. The molecular weight excluding hydrogens is 226 g/mol. The van der Waals surface area contributed by atoms with Crippen molar-refractivity contribution in [1.29, 1.82) is 0 Å². The van der Waals surface area contributed by atoms with E-state index in [1.165, 1.54) is 16.7 Å². The Morgan fingerprint density at radius 1 is 1.06 bits per heavy atom. The summed E-state index contributed by atoms with van der Waals surface area (Å²) in [6.45, 7) is 4.63. The normalized spacial score (nSPS) is 10.7. The van der Waals surface area contributed by atoms with Crippen LogP contribution in [0.25, 0.3) is 0 Å². The van der Waals surface area contributed by atoms with Crippen LogP contribution in [-0.4, -0.2) is 7.11 Å². The van der Waals surface area contributed by atoms with E-state index in [0.29, 0.717) is 6.54 Å². The largest absolute Gasteiger partial charge is 0.496 e. The van der Waals surface area contributed by atoms with Crippen LogP contribution in [0.4, 0.5) is 0 Å². The van der Waals surface area contributed by atoms with E-state index in [-0.39, 0.29) is 0 Å². The quantitative estimate of drug-likeness (QED) is 0.901. The Balaban J connectivity index is 2.26. The zero-order chi connectivity index (χ0) is 13.1. The average Bonchev–Trinajstić information content (AvgIpc) is 2.83. The van der Waals surface area contributed by atoms with Crippen molar-refractivity contribution in [3.05, 3.63) is 52.5 Å². The molecule has 0 radical (unpaired) electrons. The molecule has 3 nitrogen and oxygen atoms in total. The molecule has 18 heavy (non-hydrogen) atoms. The summed E-state index contributed by atoms with van der Waals surface area (Å²) in [6, 6.07) is 8.01. The molecule has 0 amide bonds. The highest BCUT2D eigenvalue weighted by Gasteiger charge is 2.09. The molecule has 1 heterocycles. The van der Waals surface area contributed by atoms with E-state index >= 15 is 0 Å². The number of ether oxygens (including phenoxy) is 1. The van der Waals surface area contributed by atoms with E-state index in [2.05, 4.69) is 19.9 Å². The van der Waals surface area contributed by atoms with Crippen LogP contribution < -0.4 is 10.5 Å². The predicted octanol–water partition coefficient (Wildman–Crippen LogP) is 2.95. The van der Waals surface area contributed by atoms with Crippen LogP contribution in [-0.2, 0) is 13.0 Å². The summed E-state index contributed by atoms with van der Waals surface area (Å²) in [6.07, 6.45) is 0.788. The molecule has 0 aliphatic heterocycles. The molecule has 0 unspecified atom stereocenters. The lowest BCUT2D eigenvalue weighted by Gasteiger charge is -2.11. The molecule has 2 N–H and O–H groups in total. The fourth-order valence-corrected chi connectivity index (χ4v) is 2.08. The second-order valence-corrected chi connectivity index (χ2v) is 4.43. The molecule has 96 valence electrons. The first-order valence-corrected chi connectivity index (χ1v) is 6.06. The van der Waals surface area contributed by atoms with Gasteiger partial charge in [0.1, 0.15) is 17.3 Å². The first-order valence-electron chi connectivity index (χ1n) is 6.06. The minimum atomic E-state index is 0.445. The van der Waals surface area contributed by atoms with Gasteiger partial charge in [0.05, 0.1) is 13.7 Å². The second-order valence-electron chi connectivity index (χ2n) is 4.43. The molecule has 1 aromatic carbocycles. The topological polar surface area (TPSA) is 48.4 Å². The van der Waals surface area contributed by atoms with Gasteiger partial charge >= 0.3 is 0 Å². The van der Waals surface area contributed by atoms with Crippen LogP contribution >= 0.6 is 0 Å². The maximum atomic E-state index is 5.63. The van der Waals surface area contributed by atoms with Crippen molar-refractivity contribution >= 4 is 0 Å². The van der Waals surface area contributed by atoms with Crippen molar-refractivity contribution in [1.82, 2.24) is 0 Å². The van der Waals surface area contributed by atoms with Crippen LogP contribution in [0.2, 0.25) is 0 Å². The summed E-state index contributed by atoms with van der Waals surface area (Å²) in [4.78, 5) is 0. The summed E-state index contributed by atoms with van der Waals surface area (Å²) in [5, 5.41) is 0. The van der Waals surface area contributed by atoms with E-state index in [1.54, 1.807) is 7.11 Å². The molecule has 0 spiro atoms. The Morgan fingerprint density at radius 3 is 2.39 bits per heavy atom. The summed E-state index contributed by atoms with van der Waals surface area (Å²) in [5.41, 5.74) is 9.23. The highest BCUT2D eigenvalue weighted by Crippen LogP contribution is 2.25. The molecule has 2 rings (SSSR count). The summed E-state index contributed by atoms with van der Waals surface area (Å²) < 4.78 is 10.9. The smallest absolute Gasteiger partial charge is 0.122 e. The van der Waals surface area contributed by atoms with Gasteiger partial charge in [0.25, 0.3) is 0 Å². The zero-order valence-corrected chi connectivity index (χ0v) is 11.1. The van der Waals surface area contributed by atoms with Crippen molar-refractivity contribution in [2.24, 2.45) is 5.73 Å². The first-order chi connectivity index (χ1) is 8.65. The molecule has 0 fully saturated rings. The summed E-state index contributed by atoms with van der Waals surface area (Å²) in [5.74, 6) is 2.70. The van der Waals surface area contributed by atoms with Gasteiger partial charge in [-0.25, -0.2) is 0 Å². The molecule has 1 aromatic heterocycles. The van der Waals surface area contributed by atoms with Gasteiger partial charge in [-0.05, 0) is 48.7 Å². The molecule has 0 saturated heterocycles. The van der Waals surface area contributed by atoms with Crippen LogP contribution in [0.15, 0.2) is 28.7 Å². The van der Waals surface area contributed by atoms with E-state index in [0.717, 1.165) is 23.7 Å². The van der Waals surface area contributed by atoms with E-state index in [4.69, 9.17) is 14.9 Å². The lowest BCUT2D eigenvalue weighted by molar-refractivity contribution is 0.411. The maximum absolute atomic E-state index is 5.63. The van der Waals surface area contributed by atoms with Gasteiger partial charge in [0.2, 0.25) is 0 Å². The van der Waals surface area contributed by atoms with E-state index in [1.807, 2.05) is 18.2 Å². The Hall–Kier alpha value is -1.74. The van der Waals surface area contributed by atoms with Gasteiger partial charge in [-0.1, -0.05) is 6.07 Å². The molecule has 3 heteroatoms. The van der Waals surface area contributed by atoms with Gasteiger partial charge in [-0.2, -0.15) is 0 Å². The Kier molecular flexibility index (Phi) is 3.72. The number of rotatable bonds is 4. The van der Waals surface area contributed by atoms with Crippen LogP contribution in [0.5, 0.6) is 5.75 Å². The number of hydrogen-bond donors (Lipinski definition) is 1. The number of nitrogens with two attached hydrogens (primary N) is 1. The zero-order valence-electron chi connectivity index (χ0n) is 11.1. The van der Waals surface area contributed by atoms with Crippen molar-refractivity contribution in [2.45, 2.75) is 26.8 Å². The fourth-order valence-electron chi connectivity index (χ4n) is 2.08. The molecule has 0 saturated carbocycles. The minimum absolute atomic E-state index is 0.445. The van der Waals surface area contributed by atoms with Gasteiger partial charge in [0.15, 0.2) is 0 Å². The maximum Gasteiger partial charge on any atom is 0.122 e. The number of hydrogen-bond acceptors (Lipinski definition) is 3. The number of methoxy groups -OCH3 is 1. The Labute approximate surface area is 108 Å². The van der Waals surface area contributed by atoms with Crippen LogP contribution in [0, 0.1) is 13.8 Å². The Bertz CT molecular complexity index is 543. The third-order valence-corrected chi connectivity index (χ3v) is 3.35. The third-order valence-electron chi connectivity index (χ3n) is 3.35. The summed E-state index contributed by atoms with van der Waals surface area (Å²) in [7, 11) is 1.70. The van der Waals surface area contributed by atoms with Gasteiger partial charge in [-0.3, -0.25) is 0 Å².